The second-order valence-corrected chi connectivity index (χ2v) is 7.55. The summed E-state index contributed by atoms with van der Waals surface area (Å²) in [6.45, 7) is 5.25. The van der Waals surface area contributed by atoms with Crippen molar-refractivity contribution in [2.75, 3.05) is 6.54 Å². The minimum atomic E-state index is -0.801. The van der Waals surface area contributed by atoms with Crippen LogP contribution in [0.5, 0.6) is 0 Å². The number of aromatic nitrogens is 2. The van der Waals surface area contributed by atoms with E-state index in [0.29, 0.717) is 24.9 Å². The minimum absolute atomic E-state index is 0.110. The van der Waals surface area contributed by atoms with Crippen molar-refractivity contribution < 1.29 is 14.3 Å². The summed E-state index contributed by atoms with van der Waals surface area (Å²) in [5.41, 5.74) is 5.38. The normalized spacial score (nSPS) is 11.6. The van der Waals surface area contributed by atoms with Crippen LogP contribution >= 0.6 is 0 Å². The average molecular weight is 420 g/mol. The minimum Gasteiger partial charge on any atom is -0.481 e. The molecule has 0 radical (unpaired) electrons. The fraction of sp³-hybridized carbons (Fsp3) is 0.320. The van der Waals surface area contributed by atoms with E-state index in [4.69, 9.17) is 9.52 Å². The number of nitrogens with zero attached hydrogens (tertiary/aromatic N) is 2. The number of hydrogen-bond acceptors (Lipinski definition) is 5. The molecule has 1 aromatic heterocycles. The maximum atomic E-state index is 10.6. The lowest BCUT2D eigenvalue weighted by atomic mass is 10.00. The third kappa shape index (κ3) is 6.62. The van der Waals surface area contributed by atoms with Crippen molar-refractivity contribution in [3.8, 4) is 11.5 Å². The number of aryl methyl sites for hydroxylation is 1. The third-order valence-electron chi connectivity index (χ3n) is 5.05. The lowest BCUT2D eigenvalue weighted by Crippen LogP contribution is -2.17. The maximum absolute atomic E-state index is 10.6. The van der Waals surface area contributed by atoms with Crippen LogP contribution in [-0.2, 0) is 11.3 Å². The Labute approximate surface area is 183 Å². The Hall–Kier alpha value is -3.25. The molecule has 0 saturated carbocycles. The highest BCUT2D eigenvalue weighted by molar-refractivity contribution is 5.79. The molecular weight excluding hydrogens is 390 g/mol. The van der Waals surface area contributed by atoms with Gasteiger partial charge >= 0.3 is 5.97 Å². The number of rotatable bonds is 11. The van der Waals surface area contributed by atoms with Gasteiger partial charge in [0.05, 0.1) is 6.42 Å². The smallest absolute Gasteiger partial charge is 0.304 e. The maximum Gasteiger partial charge on any atom is 0.304 e. The summed E-state index contributed by atoms with van der Waals surface area (Å²) in [5, 5.41) is 20.4. The van der Waals surface area contributed by atoms with Gasteiger partial charge in [0.15, 0.2) is 0 Å². The van der Waals surface area contributed by atoms with Crippen LogP contribution in [0.4, 0.5) is 0 Å². The quantitative estimate of drug-likeness (QED) is 0.408. The number of carbonyl (C=O) groups is 1. The second kappa shape index (κ2) is 11.2. The molecule has 6 nitrogen and oxygen atoms in total. The van der Waals surface area contributed by atoms with E-state index in [-0.39, 0.29) is 6.42 Å². The van der Waals surface area contributed by atoms with E-state index < -0.39 is 5.97 Å². The highest BCUT2D eigenvalue weighted by Crippen LogP contribution is 2.27. The summed E-state index contributed by atoms with van der Waals surface area (Å²) in [6, 6.07) is 16.3. The van der Waals surface area contributed by atoms with Crippen LogP contribution in [0, 0.1) is 6.92 Å². The summed E-state index contributed by atoms with van der Waals surface area (Å²) in [5.74, 6) is 0.200. The number of hydrogen-bond donors (Lipinski definition) is 2. The predicted octanol–water partition coefficient (Wildman–Crippen LogP) is 5.34. The molecular formula is C25H29N3O3. The lowest BCUT2D eigenvalue weighted by molar-refractivity contribution is -0.136. The summed E-state index contributed by atoms with van der Waals surface area (Å²) in [6.07, 6.45) is 5.27. The van der Waals surface area contributed by atoms with Gasteiger partial charge in [0.2, 0.25) is 11.8 Å². The van der Waals surface area contributed by atoms with Gasteiger partial charge in [0.1, 0.15) is 0 Å². The van der Waals surface area contributed by atoms with Gasteiger partial charge in [-0.1, -0.05) is 55.8 Å². The van der Waals surface area contributed by atoms with E-state index in [2.05, 4.69) is 40.6 Å². The number of carboxylic acid groups (broad SMARTS) is 1. The molecule has 3 aromatic rings. The van der Waals surface area contributed by atoms with E-state index in [0.717, 1.165) is 36.0 Å². The summed E-state index contributed by atoms with van der Waals surface area (Å²) < 4.78 is 5.97. The van der Waals surface area contributed by atoms with Crippen molar-refractivity contribution >= 4 is 17.6 Å². The Morgan fingerprint density at radius 3 is 2.65 bits per heavy atom. The largest absolute Gasteiger partial charge is 0.481 e. The van der Waals surface area contributed by atoms with Gasteiger partial charge in [-0.15, -0.1) is 10.2 Å². The molecule has 2 N–H and O–H groups in total. The number of aliphatic carboxylic acids is 1. The zero-order chi connectivity index (χ0) is 22.1. The van der Waals surface area contributed by atoms with E-state index in [1.54, 1.807) is 0 Å². The standard InChI is InChI=1S/C25H29N3O3/c1-3-4-8-21(20-9-6-5-7-10-20)16-23-27-28-25(31-23)22-12-11-19(15-18(22)2)17-26-14-13-24(29)30/h5-7,9-12,15-16,26H,3-4,8,13-14,17H2,1-2H3,(H,29,30)/b21-16-. The number of allylic oxidation sites excluding steroid dienone is 1. The Bertz CT molecular complexity index is 1030. The highest BCUT2D eigenvalue weighted by atomic mass is 16.4. The van der Waals surface area contributed by atoms with Gasteiger partial charge in [-0.25, -0.2) is 0 Å². The SMILES string of the molecule is CCCC/C(=C/c1nnc(-c2ccc(CNCCC(=O)O)cc2C)o1)c1ccccc1. The number of carboxylic acids is 1. The first-order valence-corrected chi connectivity index (χ1v) is 10.7. The van der Waals surface area contributed by atoms with Gasteiger partial charge in [0, 0.05) is 24.7 Å². The molecule has 3 rings (SSSR count). The molecule has 0 spiro atoms. The number of unbranched alkanes of at least 4 members (excludes halogenated alkanes) is 1. The number of nitrogens with one attached hydrogen (secondary N) is 1. The van der Waals surface area contributed by atoms with Crippen LogP contribution in [0.25, 0.3) is 23.1 Å². The third-order valence-corrected chi connectivity index (χ3v) is 5.05. The molecule has 0 amide bonds. The van der Waals surface area contributed by atoms with Gasteiger partial charge in [-0.05, 0) is 48.1 Å². The molecule has 0 saturated heterocycles. The molecule has 0 aliphatic rings. The van der Waals surface area contributed by atoms with E-state index >= 15 is 0 Å². The van der Waals surface area contributed by atoms with Crippen LogP contribution in [0.1, 0.15) is 55.2 Å². The first-order valence-electron chi connectivity index (χ1n) is 10.7. The van der Waals surface area contributed by atoms with Crippen LogP contribution in [0.3, 0.4) is 0 Å². The molecule has 1 heterocycles. The number of benzene rings is 2. The fourth-order valence-electron chi connectivity index (χ4n) is 3.37. The van der Waals surface area contributed by atoms with Crippen LogP contribution in [0.15, 0.2) is 52.9 Å². The first-order chi connectivity index (χ1) is 15.1. The monoisotopic (exact) mass is 419 g/mol. The zero-order valence-corrected chi connectivity index (χ0v) is 18.1. The summed E-state index contributed by atoms with van der Waals surface area (Å²) >= 11 is 0. The Morgan fingerprint density at radius 1 is 1.13 bits per heavy atom. The van der Waals surface area contributed by atoms with Crippen molar-refractivity contribution in [1.82, 2.24) is 15.5 Å². The Balaban J connectivity index is 1.74. The molecule has 0 atom stereocenters. The molecule has 162 valence electrons. The molecule has 0 aliphatic carbocycles. The van der Waals surface area contributed by atoms with E-state index in [1.165, 1.54) is 11.1 Å². The highest BCUT2D eigenvalue weighted by Gasteiger charge is 2.12. The topological polar surface area (TPSA) is 88.2 Å². The van der Waals surface area contributed by atoms with Crippen LogP contribution in [-0.4, -0.2) is 27.8 Å². The van der Waals surface area contributed by atoms with Crippen LogP contribution in [0.2, 0.25) is 0 Å². The molecule has 0 fully saturated rings. The van der Waals surface area contributed by atoms with Crippen molar-refractivity contribution in [1.29, 1.82) is 0 Å². The van der Waals surface area contributed by atoms with Crippen molar-refractivity contribution in [3.63, 3.8) is 0 Å². The Kier molecular flexibility index (Phi) is 8.12. The van der Waals surface area contributed by atoms with Crippen LogP contribution < -0.4 is 5.32 Å². The molecule has 2 aromatic carbocycles. The van der Waals surface area contributed by atoms with Crippen molar-refractivity contribution in [2.45, 2.75) is 46.1 Å². The van der Waals surface area contributed by atoms with Gasteiger partial charge < -0.3 is 14.8 Å². The fourth-order valence-corrected chi connectivity index (χ4v) is 3.37. The van der Waals surface area contributed by atoms with E-state index in [1.807, 2.05) is 43.3 Å². The van der Waals surface area contributed by atoms with Gasteiger partial charge in [-0.2, -0.15) is 0 Å². The molecule has 0 aliphatic heterocycles. The average Bonchev–Trinajstić information content (AvgIpc) is 3.23. The van der Waals surface area contributed by atoms with E-state index in [9.17, 15) is 4.79 Å². The molecule has 0 unspecified atom stereocenters. The van der Waals surface area contributed by atoms with Gasteiger partial charge in [0.25, 0.3) is 0 Å². The summed E-state index contributed by atoms with van der Waals surface area (Å²) in [4.78, 5) is 10.6. The predicted molar refractivity (Wildman–Crippen MR) is 122 cm³/mol. The molecule has 0 bridgehead atoms. The van der Waals surface area contributed by atoms with Gasteiger partial charge in [-0.3, -0.25) is 4.79 Å². The zero-order valence-electron chi connectivity index (χ0n) is 18.1. The Morgan fingerprint density at radius 2 is 1.94 bits per heavy atom. The molecule has 6 heteroatoms. The van der Waals surface area contributed by atoms with Crippen molar-refractivity contribution in [3.05, 3.63) is 71.1 Å². The van der Waals surface area contributed by atoms with Crippen molar-refractivity contribution in [2.24, 2.45) is 0 Å². The summed E-state index contributed by atoms with van der Waals surface area (Å²) in [7, 11) is 0. The lowest BCUT2D eigenvalue weighted by Gasteiger charge is -2.07. The first kappa shape index (κ1) is 22.4. The molecule has 31 heavy (non-hydrogen) atoms. The second-order valence-electron chi connectivity index (χ2n) is 7.55.